The van der Waals surface area contributed by atoms with Crippen LogP contribution in [0.2, 0.25) is 10.0 Å². The van der Waals surface area contributed by atoms with Crippen molar-refractivity contribution in [2.24, 2.45) is 0 Å². The number of thioether (sulfide) groups is 1. The Morgan fingerprint density at radius 3 is 2.48 bits per heavy atom. The third-order valence-corrected chi connectivity index (χ3v) is 5.34. The number of halogens is 2. The monoisotopic (exact) mass is 379 g/mol. The summed E-state index contributed by atoms with van der Waals surface area (Å²) in [6.45, 7) is 1.91. The minimum Gasteiger partial charge on any atom is -0.268 e. The fourth-order valence-electron chi connectivity index (χ4n) is 2.12. The first-order chi connectivity index (χ1) is 11.0. The minimum atomic E-state index is -0.144. The van der Waals surface area contributed by atoms with Crippen molar-refractivity contribution in [1.82, 2.24) is 0 Å². The van der Waals surface area contributed by atoms with Gasteiger partial charge < -0.3 is 0 Å². The molecule has 0 atom stereocenters. The van der Waals surface area contributed by atoms with Crippen molar-refractivity contribution in [3.05, 3.63) is 68.5 Å². The molecule has 0 spiro atoms. The molecule has 0 radical (unpaired) electrons. The Morgan fingerprint density at radius 1 is 1.13 bits per heavy atom. The summed E-state index contributed by atoms with van der Waals surface area (Å²) in [5.74, 6) is -0.144. The van der Waals surface area contributed by atoms with Crippen molar-refractivity contribution in [1.29, 1.82) is 0 Å². The largest absolute Gasteiger partial charge is 0.270 e. The number of carbonyl (C=O) groups excluding carboxylic acids is 1. The molecule has 0 aliphatic carbocycles. The first kappa shape index (κ1) is 16.5. The smallest absolute Gasteiger partial charge is 0.268 e. The Hall–Kier alpha value is -1.33. The standard InChI is InChI=1S/C17H11Cl2NOS2/c1-10-2-7-13(9-14(10)19)20-16(21)15(23-17(20)22)8-11-3-5-12(18)6-4-11/h2-9H,1H3/b15-8-. The van der Waals surface area contributed by atoms with Gasteiger partial charge in [0.25, 0.3) is 5.91 Å². The van der Waals surface area contributed by atoms with Crippen molar-refractivity contribution >= 4 is 69.2 Å². The van der Waals surface area contributed by atoms with Crippen LogP contribution in [0.25, 0.3) is 6.08 Å². The number of amides is 1. The van der Waals surface area contributed by atoms with Crippen LogP contribution in [-0.2, 0) is 4.79 Å². The van der Waals surface area contributed by atoms with Crippen LogP contribution >= 0.6 is 47.2 Å². The zero-order valence-electron chi connectivity index (χ0n) is 12.0. The quantitative estimate of drug-likeness (QED) is 0.492. The number of aryl methyl sites for hydroxylation is 1. The molecule has 0 bridgehead atoms. The highest BCUT2D eigenvalue weighted by Gasteiger charge is 2.33. The normalized spacial score (nSPS) is 16.5. The van der Waals surface area contributed by atoms with Crippen LogP contribution in [0.15, 0.2) is 47.4 Å². The SMILES string of the molecule is Cc1ccc(N2C(=O)/C(=C/c3ccc(Cl)cc3)SC2=S)cc1Cl. The second-order valence-corrected chi connectivity index (χ2v) is 7.52. The molecule has 1 aliphatic rings. The molecule has 0 N–H and O–H groups in total. The van der Waals surface area contributed by atoms with Gasteiger partial charge in [0.1, 0.15) is 0 Å². The first-order valence-electron chi connectivity index (χ1n) is 6.75. The Balaban J connectivity index is 1.93. The Kier molecular flexibility index (Phi) is 4.78. The van der Waals surface area contributed by atoms with Gasteiger partial charge in [-0.2, -0.15) is 0 Å². The maximum atomic E-state index is 12.7. The minimum absolute atomic E-state index is 0.144. The molecule has 1 amide bonds. The van der Waals surface area contributed by atoms with Gasteiger partial charge >= 0.3 is 0 Å². The summed E-state index contributed by atoms with van der Waals surface area (Å²) in [6, 6.07) is 12.8. The van der Waals surface area contributed by atoms with Crippen LogP contribution < -0.4 is 4.90 Å². The molecule has 116 valence electrons. The molecule has 3 rings (SSSR count). The fourth-order valence-corrected chi connectivity index (χ4v) is 3.72. The van der Waals surface area contributed by atoms with E-state index in [1.165, 1.54) is 16.7 Å². The van der Waals surface area contributed by atoms with Gasteiger partial charge in [-0.1, -0.05) is 65.4 Å². The number of rotatable bonds is 2. The second kappa shape index (κ2) is 6.65. The lowest BCUT2D eigenvalue weighted by Gasteiger charge is -2.15. The number of anilines is 1. The molecule has 6 heteroatoms. The molecule has 2 aromatic rings. The molecule has 0 unspecified atom stereocenters. The number of thiocarbonyl (C=S) groups is 1. The number of hydrogen-bond acceptors (Lipinski definition) is 3. The summed E-state index contributed by atoms with van der Waals surface area (Å²) in [7, 11) is 0. The van der Waals surface area contributed by atoms with E-state index in [4.69, 9.17) is 35.4 Å². The van der Waals surface area contributed by atoms with E-state index in [1.54, 1.807) is 18.2 Å². The van der Waals surface area contributed by atoms with Crippen molar-refractivity contribution < 1.29 is 4.79 Å². The van der Waals surface area contributed by atoms with Gasteiger partial charge in [-0.25, -0.2) is 0 Å². The summed E-state index contributed by atoms with van der Waals surface area (Å²) >= 11 is 18.7. The molecule has 1 fully saturated rings. The Labute approximate surface area is 154 Å². The summed E-state index contributed by atoms with van der Waals surface area (Å²) in [4.78, 5) is 14.7. The van der Waals surface area contributed by atoms with Crippen LogP contribution in [-0.4, -0.2) is 10.2 Å². The molecule has 2 nitrogen and oxygen atoms in total. The van der Waals surface area contributed by atoms with E-state index in [9.17, 15) is 4.79 Å². The van der Waals surface area contributed by atoms with Gasteiger partial charge in [0.05, 0.1) is 10.6 Å². The predicted molar refractivity (Wildman–Crippen MR) is 103 cm³/mol. The summed E-state index contributed by atoms with van der Waals surface area (Å²) in [6.07, 6.45) is 1.81. The Bertz CT molecular complexity index is 831. The maximum absolute atomic E-state index is 12.7. The molecule has 0 aromatic heterocycles. The average Bonchev–Trinajstić information content (AvgIpc) is 2.79. The Morgan fingerprint density at radius 2 is 1.83 bits per heavy atom. The van der Waals surface area contributed by atoms with Gasteiger partial charge in [-0.3, -0.25) is 9.69 Å². The second-order valence-electron chi connectivity index (χ2n) is 5.00. The summed E-state index contributed by atoms with van der Waals surface area (Å²) in [5, 5.41) is 1.27. The van der Waals surface area contributed by atoms with Crippen molar-refractivity contribution in [3.63, 3.8) is 0 Å². The lowest BCUT2D eigenvalue weighted by molar-refractivity contribution is -0.113. The van der Waals surface area contributed by atoms with Gasteiger partial charge in [0, 0.05) is 10.0 Å². The highest BCUT2D eigenvalue weighted by Crippen LogP contribution is 2.37. The van der Waals surface area contributed by atoms with Crippen LogP contribution in [0.5, 0.6) is 0 Å². The molecule has 0 saturated carbocycles. The lowest BCUT2D eigenvalue weighted by atomic mass is 10.2. The van der Waals surface area contributed by atoms with E-state index in [0.717, 1.165) is 11.1 Å². The predicted octanol–water partition coefficient (Wildman–Crippen LogP) is 5.71. The molecule has 1 aliphatic heterocycles. The average molecular weight is 380 g/mol. The van der Waals surface area contributed by atoms with Crippen LogP contribution in [0, 0.1) is 6.92 Å². The van der Waals surface area contributed by atoms with Crippen molar-refractivity contribution in [2.45, 2.75) is 6.92 Å². The molecule has 1 heterocycles. The highest BCUT2D eigenvalue weighted by atomic mass is 35.5. The number of benzene rings is 2. The van der Waals surface area contributed by atoms with Crippen LogP contribution in [0.3, 0.4) is 0 Å². The van der Waals surface area contributed by atoms with E-state index in [-0.39, 0.29) is 5.91 Å². The van der Waals surface area contributed by atoms with Gasteiger partial charge in [-0.15, -0.1) is 0 Å². The maximum Gasteiger partial charge on any atom is 0.270 e. The fraction of sp³-hybridized carbons (Fsp3) is 0.0588. The van der Waals surface area contributed by atoms with Gasteiger partial charge in [-0.05, 0) is 48.4 Å². The van der Waals surface area contributed by atoms with E-state index >= 15 is 0 Å². The molecular weight excluding hydrogens is 369 g/mol. The van der Waals surface area contributed by atoms with E-state index in [2.05, 4.69) is 0 Å². The topological polar surface area (TPSA) is 20.3 Å². The van der Waals surface area contributed by atoms with Crippen molar-refractivity contribution in [3.8, 4) is 0 Å². The lowest BCUT2D eigenvalue weighted by Crippen LogP contribution is -2.27. The van der Waals surface area contributed by atoms with Gasteiger partial charge in [0.2, 0.25) is 0 Å². The third-order valence-electron chi connectivity index (χ3n) is 3.38. The number of nitrogens with zero attached hydrogens (tertiary/aromatic N) is 1. The van der Waals surface area contributed by atoms with Crippen LogP contribution in [0.1, 0.15) is 11.1 Å². The van der Waals surface area contributed by atoms with E-state index in [0.29, 0.717) is 25.0 Å². The third kappa shape index (κ3) is 3.45. The van der Waals surface area contributed by atoms with E-state index in [1.807, 2.05) is 37.3 Å². The van der Waals surface area contributed by atoms with Crippen molar-refractivity contribution in [2.75, 3.05) is 4.90 Å². The first-order valence-corrected chi connectivity index (χ1v) is 8.73. The molecule has 1 saturated heterocycles. The molecular formula is C17H11Cl2NOS2. The number of hydrogen-bond donors (Lipinski definition) is 0. The molecule has 23 heavy (non-hydrogen) atoms. The molecule has 2 aromatic carbocycles. The summed E-state index contributed by atoms with van der Waals surface area (Å²) in [5.41, 5.74) is 2.54. The zero-order valence-corrected chi connectivity index (χ0v) is 15.2. The van der Waals surface area contributed by atoms with Crippen LogP contribution in [0.4, 0.5) is 5.69 Å². The van der Waals surface area contributed by atoms with E-state index < -0.39 is 0 Å². The zero-order chi connectivity index (χ0) is 16.6. The highest BCUT2D eigenvalue weighted by molar-refractivity contribution is 8.27. The van der Waals surface area contributed by atoms with Gasteiger partial charge in [0.15, 0.2) is 4.32 Å². The summed E-state index contributed by atoms with van der Waals surface area (Å²) < 4.78 is 0.495. The number of carbonyl (C=O) groups is 1.